The van der Waals surface area contributed by atoms with E-state index >= 15 is 0 Å². The summed E-state index contributed by atoms with van der Waals surface area (Å²) in [6, 6.07) is 19.3. The zero-order valence-electron chi connectivity index (χ0n) is 7.70. The van der Waals surface area contributed by atoms with Crippen molar-refractivity contribution in [1.29, 1.82) is 0 Å². The SMILES string of the molecule is ClCc1ccccc1-c1[c]cccc1. The molecule has 69 valence electrons. The van der Waals surface area contributed by atoms with Crippen LogP contribution in [0.5, 0.6) is 0 Å². The second-order valence-electron chi connectivity index (χ2n) is 3.07. The highest BCUT2D eigenvalue weighted by Crippen LogP contribution is 2.23. The van der Waals surface area contributed by atoms with Gasteiger partial charge in [-0.05, 0) is 22.8 Å². The van der Waals surface area contributed by atoms with Crippen molar-refractivity contribution >= 4 is 11.6 Å². The molecule has 2 aromatic carbocycles. The van der Waals surface area contributed by atoms with E-state index in [1.54, 1.807) is 0 Å². The predicted octanol–water partition coefficient (Wildman–Crippen LogP) is 3.89. The lowest BCUT2D eigenvalue weighted by atomic mass is 10.0. The van der Waals surface area contributed by atoms with Crippen molar-refractivity contribution in [1.82, 2.24) is 0 Å². The molecule has 0 amide bonds. The zero-order valence-corrected chi connectivity index (χ0v) is 8.46. The molecule has 0 atom stereocenters. The maximum absolute atomic E-state index is 5.87. The van der Waals surface area contributed by atoms with Crippen LogP contribution >= 0.6 is 11.6 Å². The van der Waals surface area contributed by atoms with Gasteiger partial charge in [-0.3, -0.25) is 0 Å². The molecule has 1 heteroatoms. The molecule has 2 aromatic rings. The van der Waals surface area contributed by atoms with Crippen molar-refractivity contribution < 1.29 is 0 Å². The molecule has 0 aliphatic heterocycles. The Hall–Kier alpha value is -1.27. The molecule has 0 saturated heterocycles. The lowest BCUT2D eigenvalue weighted by Crippen LogP contribution is -1.84. The summed E-state index contributed by atoms with van der Waals surface area (Å²) in [6.07, 6.45) is 0. The Balaban J connectivity index is 2.51. The van der Waals surface area contributed by atoms with Crippen LogP contribution in [-0.4, -0.2) is 0 Å². The van der Waals surface area contributed by atoms with E-state index in [2.05, 4.69) is 12.1 Å². The molecule has 0 saturated carbocycles. The van der Waals surface area contributed by atoms with Crippen LogP contribution in [0, 0.1) is 6.07 Å². The van der Waals surface area contributed by atoms with E-state index in [-0.39, 0.29) is 0 Å². The van der Waals surface area contributed by atoms with Gasteiger partial charge in [0.05, 0.1) is 0 Å². The molecule has 0 bridgehead atoms. The van der Waals surface area contributed by atoms with Crippen LogP contribution in [0.15, 0.2) is 48.5 Å². The van der Waals surface area contributed by atoms with Crippen molar-refractivity contribution in [2.75, 3.05) is 0 Å². The van der Waals surface area contributed by atoms with E-state index in [1.807, 2.05) is 42.5 Å². The third-order valence-corrected chi connectivity index (χ3v) is 2.45. The van der Waals surface area contributed by atoms with Crippen LogP contribution in [-0.2, 0) is 5.88 Å². The third-order valence-electron chi connectivity index (χ3n) is 2.16. The minimum atomic E-state index is 0.541. The molecule has 0 aliphatic rings. The van der Waals surface area contributed by atoms with Gasteiger partial charge >= 0.3 is 0 Å². The van der Waals surface area contributed by atoms with E-state index < -0.39 is 0 Å². The molecule has 0 nitrogen and oxygen atoms in total. The van der Waals surface area contributed by atoms with Crippen LogP contribution < -0.4 is 0 Å². The van der Waals surface area contributed by atoms with Gasteiger partial charge in [-0.1, -0.05) is 48.5 Å². The summed E-state index contributed by atoms with van der Waals surface area (Å²) >= 11 is 5.87. The van der Waals surface area contributed by atoms with Gasteiger partial charge in [0.25, 0.3) is 0 Å². The van der Waals surface area contributed by atoms with Crippen LogP contribution in [0.2, 0.25) is 0 Å². The molecule has 0 heterocycles. The Morgan fingerprint density at radius 3 is 2.50 bits per heavy atom. The maximum atomic E-state index is 5.87. The fourth-order valence-corrected chi connectivity index (χ4v) is 1.69. The molecule has 14 heavy (non-hydrogen) atoms. The standard InChI is InChI=1S/C13H10Cl/c14-10-12-8-4-5-9-13(12)11-6-2-1-3-7-11/h1-6,8-9H,10H2. The second-order valence-corrected chi connectivity index (χ2v) is 3.33. The van der Waals surface area contributed by atoms with Gasteiger partial charge in [-0.25, -0.2) is 0 Å². The number of hydrogen-bond donors (Lipinski definition) is 0. The Morgan fingerprint density at radius 1 is 1.00 bits per heavy atom. The monoisotopic (exact) mass is 201 g/mol. The first-order chi connectivity index (χ1) is 6.92. The van der Waals surface area contributed by atoms with Gasteiger partial charge in [0.1, 0.15) is 0 Å². The largest absolute Gasteiger partial charge is 0.122 e. The number of halogens is 1. The van der Waals surface area contributed by atoms with Crippen molar-refractivity contribution in [2.45, 2.75) is 5.88 Å². The van der Waals surface area contributed by atoms with Gasteiger partial charge in [0, 0.05) is 5.88 Å². The van der Waals surface area contributed by atoms with Crippen LogP contribution in [0.3, 0.4) is 0 Å². The number of rotatable bonds is 2. The first kappa shape index (κ1) is 9.29. The number of benzene rings is 2. The smallest absolute Gasteiger partial charge is 0.0480 e. The Kier molecular flexibility index (Phi) is 2.85. The Labute approximate surface area is 89.2 Å². The van der Waals surface area contributed by atoms with Crippen molar-refractivity contribution in [2.24, 2.45) is 0 Å². The van der Waals surface area contributed by atoms with E-state index in [4.69, 9.17) is 11.6 Å². The summed E-state index contributed by atoms with van der Waals surface area (Å²) < 4.78 is 0. The fourth-order valence-electron chi connectivity index (χ4n) is 1.46. The topological polar surface area (TPSA) is 0 Å². The van der Waals surface area contributed by atoms with Crippen LogP contribution in [0.25, 0.3) is 11.1 Å². The van der Waals surface area contributed by atoms with E-state index in [1.165, 1.54) is 5.56 Å². The van der Waals surface area contributed by atoms with E-state index in [9.17, 15) is 0 Å². The van der Waals surface area contributed by atoms with Gasteiger partial charge in [-0.2, -0.15) is 0 Å². The molecule has 2 rings (SSSR count). The summed E-state index contributed by atoms with van der Waals surface area (Å²) in [7, 11) is 0. The molecular weight excluding hydrogens is 192 g/mol. The fraction of sp³-hybridized carbons (Fsp3) is 0.0769. The predicted molar refractivity (Wildman–Crippen MR) is 60.3 cm³/mol. The minimum absolute atomic E-state index is 0.541. The summed E-state index contributed by atoms with van der Waals surface area (Å²) in [4.78, 5) is 0. The normalized spacial score (nSPS) is 10.1. The third kappa shape index (κ3) is 1.80. The molecule has 0 aliphatic carbocycles. The molecule has 0 N–H and O–H groups in total. The Morgan fingerprint density at radius 2 is 1.79 bits per heavy atom. The van der Waals surface area contributed by atoms with Crippen molar-refractivity contribution in [3.63, 3.8) is 0 Å². The first-order valence-corrected chi connectivity index (χ1v) is 5.06. The van der Waals surface area contributed by atoms with E-state index in [0.29, 0.717) is 5.88 Å². The number of hydrogen-bond acceptors (Lipinski definition) is 0. The van der Waals surface area contributed by atoms with Gasteiger partial charge in [-0.15, -0.1) is 11.6 Å². The summed E-state index contributed by atoms with van der Waals surface area (Å²) in [5.74, 6) is 0.541. The second kappa shape index (κ2) is 4.30. The van der Waals surface area contributed by atoms with E-state index in [0.717, 1.165) is 11.1 Å². The molecule has 1 radical (unpaired) electrons. The zero-order chi connectivity index (χ0) is 9.80. The number of alkyl halides is 1. The Bertz CT molecular complexity index is 407. The quantitative estimate of drug-likeness (QED) is 0.647. The summed E-state index contributed by atoms with van der Waals surface area (Å²) in [5, 5.41) is 0. The molecule has 0 fully saturated rings. The minimum Gasteiger partial charge on any atom is -0.122 e. The van der Waals surface area contributed by atoms with Gasteiger partial charge in [0.2, 0.25) is 0 Å². The lowest BCUT2D eigenvalue weighted by Gasteiger charge is -2.05. The average Bonchev–Trinajstić information content (AvgIpc) is 2.30. The first-order valence-electron chi connectivity index (χ1n) is 4.53. The summed E-state index contributed by atoms with van der Waals surface area (Å²) in [6.45, 7) is 0. The molecule has 0 aromatic heterocycles. The van der Waals surface area contributed by atoms with Gasteiger partial charge < -0.3 is 0 Å². The van der Waals surface area contributed by atoms with Crippen LogP contribution in [0.4, 0.5) is 0 Å². The molecule has 0 spiro atoms. The molecule has 0 unspecified atom stereocenters. The summed E-state index contributed by atoms with van der Waals surface area (Å²) in [5.41, 5.74) is 3.42. The lowest BCUT2D eigenvalue weighted by molar-refractivity contribution is 1.40. The highest BCUT2D eigenvalue weighted by Gasteiger charge is 2.01. The van der Waals surface area contributed by atoms with Crippen molar-refractivity contribution in [3.05, 3.63) is 60.2 Å². The van der Waals surface area contributed by atoms with Gasteiger partial charge in [0.15, 0.2) is 0 Å². The highest BCUT2D eigenvalue weighted by molar-refractivity contribution is 6.17. The van der Waals surface area contributed by atoms with Crippen molar-refractivity contribution in [3.8, 4) is 11.1 Å². The molecular formula is C13H10Cl. The average molecular weight is 202 g/mol. The van der Waals surface area contributed by atoms with Crippen LogP contribution in [0.1, 0.15) is 5.56 Å². The highest BCUT2D eigenvalue weighted by atomic mass is 35.5. The maximum Gasteiger partial charge on any atom is 0.0480 e.